The van der Waals surface area contributed by atoms with Crippen LogP contribution in [0, 0.1) is 0 Å². The molecule has 0 fully saturated rings. The normalized spacial score (nSPS) is 15.3. The van der Waals surface area contributed by atoms with Gasteiger partial charge >= 0.3 is 12.2 Å². The third-order valence-electron chi connectivity index (χ3n) is 5.25. The van der Waals surface area contributed by atoms with Gasteiger partial charge in [0.25, 0.3) is 0 Å². The van der Waals surface area contributed by atoms with Crippen molar-refractivity contribution >= 4 is 29.5 Å². The largest absolute Gasteiger partial charge is 0.486 e. The van der Waals surface area contributed by atoms with E-state index >= 15 is 0 Å². The maximum Gasteiger partial charge on any atom is 0.414 e. The van der Waals surface area contributed by atoms with E-state index in [1.807, 2.05) is 44.2 Å². The first kappa shape index (κ1) is 26.8. The summed E-state index contributed by atoms with van der Waals surface area (Å²) in [5.41, 5.74) is 0.580. The summed E-state index contributed by atoms with van der Waals surface area (Å²) in [5.74, 6) is 0.324. The van der Waals surface area contributed by atoms with E-state index in [0.29, 0.717) is 23.5 Å². The van der Waals surface area contributed by atoms with Crippen molar-refractivity contribution in [2.45, 2.75) is 71.8 Å². The predicted octanol–water partition coefficient (Wildman–Crippen LogP) is 5.24. The van der Waals surface area contributed by atoms with Crippen LogP contribution in [0.5, 0.6) is 5.75 Å². The molecule has 36 heavy (non-hydrogen) atoms. The lowest BCUT2D eigenvalue weighted by Crippen LogP contribution is -2.50. The molecule has 3 amide bonds. The van der Waals surface area contributed by atoms with Crippen LogP contribution in [-0.2, 0) is 20.9 Å². The Bertz CT molecular complexity index is 1090. The van der Waals surface area contributed by atoms with Crippen LogP contribution in [0.4, 0.5) is 21.0 Å². The second kappa shape index (κ2) is 10.9. The van der Waals surface area contributed by atoms with Gasteiger partial charge in [0.2, 0.25) is 5.91 Å². The summed E-state index contributed by atoms with van der Waals surface area (Å²) in [6.45, 7) is 10.9. The van der Waals surface area contributed by atoms with Gasteiger partial charge in [-0.05, 0) is 58.4 Å². The lowest BCUT2D eigenvalue weighted by atomic mass is 9.95. The molecular weight excluding hydrogens is 462 g/mol. The maximum absolute atomic E-state index is 13.2. The van der Waals surface area contributed by atoms with Crippen molar-refractivity contribution in [2.24, 2.45) is 0 Å². The van der Waals surface area contributed by atoms with Crippen LogP contribution in [-0.4, -0.2) is 41.9 Å². The molecule has 194 valence electrons. The summed E-state index contributed by atoms with van der Waals surface area (Å²) in [6.07, 6.45) is -1.08. The van der Waals surface area contributed by atoms with Crippen molar-refractivity contribution < 1.29 is 28.6 Å². The monoisotopic (exact) mass is 497 g/mol. The number of rotatable bonds is 6. The van der Waals surface area contributed by atoms with Crippen molar-refractivity contribution in [3.05, 3.63) is 54.1 Å². The number of benzene rings is 2. The highest BCUT2D eigenvalue weighted by molar-refractivity contribution is 5.93. The Balaban J connectivity index is 1.83. The second-order valence-corrected chi connectivity index (χ2v) is 10.5. The van der Waals surface area contributed by atoms with Gasteiger partial charge in [-0.1, -0.05) is 30.3 Å². The van der Waals surface area contributed by atoms with Gasteiger partial charge in [-0.2, -0.15) is 0 Å². The van der Waals surface area contributed by atoms with Gasteiger partial charge in [0.15, 0.2) is 0 Å². The molecule has 1 aliphatic heterocycles. The Morgan fingerprint density at radius 3 is 2.39 bits per heavy atom. The average Bonchev–Trinajstić information content (AvgIpc) is 2.75. The van der Waals surface area contributed by atoms with E-state index < -0.39 is 29.4 Å². The highest BCUT2D eigenvalue weighted by Gasteiger charge is 2.35. The smallest absolute Gasteiger partial charge is 0.414 e. The molecule has 1 heterocycles. The van der Waals surface area contributed by atoms with E-state index in [1.54, 1.807) is 39.0 Å². The minimum absolute atomic E-state index is 0.115. The van der Waals surface area contributed by atoms with Gasteiger partial charge in [0, 0.05) is 24.6 Å². The van der Waals surface area contributed by atoms with Crippen LogP contribution in [0.25, 0.3) is 0 Å². The molecule has 0 aliphatic carbocycles. The van der Waals surface area contributed by atoms with Crippen molar-refractivity contribution in [2.75, 3.05) is 16.8 Å². The zero-order valence-corrected chi connectivity index (χ0v) is 21.7. The Kier molecular flexibility index (Phi) is 8.12. The Morgan fingerprint density at radius 1 is 1.06 bits per heavy atom. The third kappa shape index (κ3) is 7.90. The van der Waals surface area contributed by atoms with E-state index in [9.17, 15) is 14.4 Å². The van der Waals surface area contributed by atoms with Crippen molar-refractivity contribution in [1.82, 2.24) is 5.32 Å². The van der Waals surface area contributed by atoms with Crippen LogP contribution in [0.1, 0.15) is 53.5 Å². The number of hydrogen-bond donors (Lipinski definition) is 2. The number of nitrogens with one attached hydrogen (secondary N) is 2. The summed E-state index contributed by atoms with van der Waals surface area (Å²) >= 11 is 0. The number of anilines is 2. The van der Waals surface area contributed by atoms with E-state index in [1.165, 1.54) is 11.8 Å². The summed E-state index contributed by atoms with van der Waals surface area (Å²) in [6, 6.07) is 14.4. The first-order valence-electron chi connectivity index (χ1n) is 11.9. The minimum Gasteiger partial charge on any atom is -0.486 e. The molecule has 1 aliphatic rings. The fraction of sp³-hybridized carbons (Fsp3) is 0.444. The van der Waals surface area contributed by atoms with Crippen molar-refractivity contribution in [3.8, 4) is 5.75 Å². The van der Waals surface area contributed by atoms with Crippen LogP contribution >= 0.6 is 0 Å². The van der Waals surface area contributed by atoms with E-state index in [-0.39, 0.29) is 19.1 Å². The predicted molar refractivity (Wildman–Crippen MR) is 137 cm³/mol. The van der Waals surface area contributed by atoms with Gasteiger partial charge in [0.05, 0.1) is 12.2 Å². The third-order valence-corrected chi connectivity index (χ3v) is 5.25. The number of carbonyl (C=O) groups is 3. The zero-order chi connectivity index (χ0) is 26.5. The van der Waals surface area contributed by atoms with Gasteiger partial charge in [-0.15, -0.1) is 0 Å². The van der Waals surface area contributed by atoms with Crippen molar-refractivity contribution in [3.63, 3.8) is 0 Å². The maximum atomic E-state index is 13.2. The number of ether oxygens (including phenoxy) is 3. The quantitative estimate of drug-likeness (QED) is 0.565. The zero-order valence-electron chi connectivity index (χ0n) is 21.7. The number of nitrogens with zero attached hydrogens (tertiary/aromatic N) is 1. The average molecular weight is 498 g/mol. The van der Waals surface area contributed by atoms with E-state index in [2.05, 4.69) is 10.6 Å². The number of amides is 3. The molecule has 1 atom stereocenters. The number of hydrogen-bond acceptors (Lipinski definition) is 6. The molecule has 0 saturated carbocycles. The molecule has 9 nitrogen and oxygen atoms in total. The lowest BCUT2D eigenvalue weighted by Gasteiger charge is -2.38. The Labute approximate surface area is 212 Å². The van der Waals surface area contributed by atoms with Gasteiger partial charge in [0.1, 0.15) is 24.1 Å². The van der Waals surface area contributed by atoms with Crippen LogP contribution in [0.15, 0.2) is 48.5 Å². The van der Waals surface area contributed by atoms with Crippen molar-refractivity contribution in [1.29, 1.82) is 0 Å². The van der Waals surface area contributed by atoms with Crippen LogP contribution in [0.3, 0.4) is 0 Å². The molecule has 2 aromatic rings. The SMILES string of the molecule is CC(=O)NC(C)(C)C[C@H]1CN(C(=O)OCc2ccccc2)c2cc(NC(=O)OC(C)(C)C)ccc2O1. The van der Waals surface area contributed by atoms with Crippen LogP contribution < -0.4 is 20.3 Å². The minimum atomic E-state index is -0.650. The summed E-state index contributed by atoms with van der Waals surface area (Å²) in [4.78, 5) is 38.6. The first-order chi connectivity index (χ1) is 16.8. The van der Waals surface area contributed by atoms with Gasteiger partial charge < -0.3 is 19.5 Å². The molecular formula is C27H35N3O6. The Hall–Kier alpha value is -3.75. The molecule has 0 bridgehead atoms. The van der Waals surface area contributed by atoms with Crippen LogP contribution in [0.2, 0.25) is 0 Å². The summed E-state index contributed by atoms with van der Waals surface area (Å²) in [5, 5.41) is 5.61. The molecule has 0 spiro atoms. The molecule has 0 aromatic heterocycles. The number of fused-ring (bicyclic) bond motifs is 1. The van der Waals surface area contributed by atoms with Gasteiger partial charge in [-0.3, -0.25) is 15.0 Å². The summed E-state index contributed by atoms with van der Waals surface area (Å²) < 4.78 is 17.1. The van der Waals surface area contributed by atoms with Gasteiger partial charge in [-0.25, -0.2) is 9.59 Å². The molecule has 2 N–H and O–H groups in total. The summed E-state index contributed by atoms with van der Waals surface area (Å²) in [7, 11) is 0. The lowest BCUT2D eigenvalue weighted by molar-refractivity contribution is -0.120. The molecule has 0 unspecified atom stereocenters. The fourth-order valence-corrected chi connectivity index (χ4v) is 4.02. The number of carbonyl (C=O) groups excluding carboxylic acids is 3. The van der Waals surface area contributed by atoms with E-state index in [4.69, 9.17) is 14.2 Å². The molecule has 0 saturated heterocycles. The standard InChI is InChI=1S/C27H35N3O6/c1-18(31)29-27(5,6)15-21-16-30(25(33)34-17-19-10-8-7-9-11-19)22-14-20(12-13-23(22)35-21)28-24(32)36-26(2,3)4/h7-14,21H,15-17H2,1-6H3,(H,28,32)(H,29,31)/t21-/m0/s1. The molecule has 2 aromatic carbocycles. The van der Waals surface area contributed by atoms with E-state index in [0.717, 1.165) is 5.56 Å². The Morgan fingerprint density at radius 2 is 1.75 bits per heavy atom. The molecule has 3 rings (SSSR count). The molecule has 0 radical (unpaired) electrons. The topological polar surface area (TPSA) is 106 Å². The first-order valence-corrected chi connectivity index (χ1v) is 11.9. The fourth-order valence-electron chi connectivity index (χ4n) is 4.02. The highest BCUT2D eigenvalue weighted by atomic mass is 16.6. The second-order valence-electron chi connectivity index (χ2n) is 10.5. The highest BCUT2D eigenvalue weighted by Crippen LogP contribution is 2.38. The molecule has 9 heteroatoms.